The Morgan fingerprint density at radius 2 is 0.952 bits per heavy atom. The summed E-state index contributed by atoms with van der Waals surface area (Å²) in [6.07, 6.45) is 66.4. The molecule has 0 aromatic rings. The molecule has 63 heavy (non-hydrogen) atoms. The number of esters is 1. The second-order valence-corrected chi connectivity index (χ2v) is 17.2. The van der Waals surface area contributed by atoms with Gasteiger partial charge in [0.15, 0.2) is 0 Å². The Balaban J connectivity index is 4.69. The molecule has 3 N–H and O–H groups in total. The molecule has 0 aromatic heterocycles. The van der Waals surface area contributed by atoms with Crippen molar-refractivity contribution in [2.45, 2.75) is 244 Å². The largest absolute Gasteiger partial charge is 0.458 e. The number of allylic oxidation sites excluding steroid dienone is 15. The summed E-state index contributed by atoms with van der Waals surface area (Å²) in [5.41, 5.74) is 0. The molecular formula is C57H97NO5. The van der Waals surface area contributed by atoms with Crippen molar-refractivity contribution in [1.82, 2.24) is 5.32 Å². The Hall–Kier alpha value is -3.22. The van der Waals surface area contributed by atoms with Crippen molar-refractivity contribution in [2.75, 3.05) is 6.61 Å². The second-order valence-electron chi connectivity index (χ2n) is 17.2. The van der Waals surface area contributed by atoms with Gasteiger partial charge in [0.2, 0.25) is 5.91 Å². The maximum atomic E-state index is 13.2. The first kappa shape index (κ1) is 59.8. The average molecular weight is 876 g/mol. The predicted molar refractivity (Wildman–Crippen MR) is 273 cm³/mol. The minimum Gasteiger partial charge on any atom is -0.458 e. The third kappa shape index (κ3) is 45.2. The molecule has 0 aliphatic heterocycles. The molecule has 0 radical (unpaired) electrons. The monoisotopic (exact) mass is 876 g/mol. The van der Waals surface area contributed by atoms with Crippen LogP contribution in [0.3, 0.4) is 0 Å². The summed E-state index contributed by atoms with van der Waals surface area (Å²) in [5, 5.41) is 23.7. The normalized spacial score (nSPS) is 14.0. The quantitative estimate of drug-likeness (QED) is 0.0245. The first-order chi connectivity index (χ1) is 31.0. The topological polar surface area (TPSA) is 95.9 Å². The lowest BCUT2D eigenvalue weighted by atomic mass is 10.0. The van der Waals surface area contributed by atoms with Crippen molar-refractivity contribution in [2.24, 2.45) is 0 Å². The maximum absolute atomic E-state index is 13.2. The van der Waals surface area contributed by atoms with Crippen LogP contribution in [0.1, 0.15) is 226 Å². The van der Waals surface area contributed by atoms with Crippen LogP contribution in [-0.2, 0) is 14.3 Å². The summed E-state index contributed by atoms with van der Waals surface area (Å²) >= 11 is 0. The Bertz CT molecular complexity index is 1260. The van der Waals surface area contributed by atoms with Crippen LogP contribution < -0.4 is 5.32 Å². The number of aliphatic hydroxyl groups excluding tert-OH is 2. The zero-order valence-electron chi connectivity index (χ0n) is 40.9. The van der Waals surface area contributed by atoms with E-state index in [0.29, 0.717) is 19.3 Å². The van der Waals surface area contributed by atoms with Gasteiger partial charge in [-0.05, 0) is 70.3 Å². The van der Waals surface area contributed by atoms with Crippen LogP contribution in [0.25, 0.3) is 0 Å². The molecular weight excluding hydrogens is 779 g/mol. The highest BCUT2D eigenvalue weighted by Gasteiger charge is 2.23. The third-order valence-corrected chi connectivity index (χ3v) is 11.2. The van der Waals surface area contributed by atoms with Gasteiger partial charge in [0, 0.05) is 6.42 Å². The van der Waals surface area contributed by atoms with Crippen molar-refractivity contribution in [3.05, 3.63) is 97.2 Å². The fourth-order valence-corrected chi connectivity index (χ4v) is 7.33. The Kier molecular flexibility index (Phi) is 47.2. The predicted octanol–water partition coefficient (Wildman–Crippen LogP) is 15.7. The highest BCUT2D eigenvalue weighted by Crippen LogP contribution is 2.16. The summed E-state index contributed by atoms with van der Waals surface area (Å²) in [6, 6.07) is -0.752. The lowest BCUT2D eigenvalue weighted by Crippen LogP contribution is -2.46. The van der Waals surface area contributed by atoms with Gasteiger partial charge < -0.3 is 20.3 Å². The molecule has 3 atom stereocenters. The average Bonchev–Trinajstić information content (AvgIpc) is 3.28. The van der Waals surface area contributed by atoms with E-state index in [1.165, 1.54) is 89.9 Å². The molecule has 6 heteroatoms. The number of ether oxygens (including phenoxy) is 1. The van der Waals surface area contributed by atoms with Gasteiger partial charge >= 0.3 is 5.97 Å². The van der Waals surface area contributed by atoms with Gasteiger partial charge in [0.1, 0.15) is 6.10 Å². The first-order valence-corrected chi connectivity index (χ1v) is 26.0. The minimum atomic E-state index is -0.828. The first-order valence-electron chi connectivity index (χ1n) is 26.0. The molecule has 1 amide bonds. The number of unbranched alkanes of at least 4 members (excludes halogenated alkanes) is 21. The highest BCUT2D eigenvalue weighted by molar-refractivity contribution is 5.78. The van der Waals surface area contributed by atoms with Gasteiger partial charge in [0.25, 0.3) is 0 Å². The van der Waals surface area contributed by atoms with Crippen molar-refractivity contribution in [1.29, 1.82) is 0 Å². The SMILES string of the molecule is CC/C=C/C=C/C=C\CCCCCCCC(=O)OC(/C=C/C/C=C/C/C=C/C/C=C/C/C=C/CC)CC(=O)NC(CO)C(O)CCCCCCCCCCCCCCCCCCC. The van der Waals surface area contributed by atoms with E-state index in [9.17, 15) is 19.8 Å². The number of hydrogen-bond donors (Lipinski definition) is 3. The number of aliphatic hydroxyl groups is 2. The van der Waals surface area contributed by atoms with E-state index in [0.717, 1.165) is 89.9 Å². The van der Waals surface area contributed by atoms with Gasteiger partial charge in [0.05, 0.1) is 25.2 Å². The van der Waals surface area contributed by atoms with E-state index in [1.54, 1.807) is 6.08 Å². The number of nitrogens with one attached hydrogen (secondary N) is 1. The van der Waals surface area contributed by atoms with Gasteiger partial charge in [-0.1, -0.05) is 240 Å². The van der Waals surface area contributed by atoms with Crippen LogP contribution in [0.15, 0.2) is 97.2 Å². The molecule has 0 aliphatic carbocycles. The summed E-state index contributed by atoms with van der Waals surface area (Å²) in [6.45, 7) is 6.20. The lowest BCUT2D eigenvalue weighted by Gasteiger charge is -2.23. The Labute approximate surface area is 388 Å². The maximum Gasteiger partial charge on any atom is 0.306 e. The third-order valence-electron chi connectivity index (χ3n) is 11.2. The van der Waals surface area contributed by atoms with Crippen LogP contribution in [0.5, 0.6) is 0 Å². The molecule has 0 fully saturated rings. The summed E-state index contributed by atoms with van der Waals surface area (Å²) in [5.74, 6) is -0.658. The molecule has 0 spiro atoms. The van der Waals surface area contributed by atoms with Gasteiger partial charge in [-0.25, -0.2) is 0 Å². The van der Waals surface area contributed by atoms with Crippen LogP contribution in [-0.4, -0.2) is 46.9 Å². The fraction of sp³-hybridized carbons (Fsp3) is 0.684. The summed E-state index contributed by atoms with van der Waals surface area (Å²) in [4.78, 5) is 26.1. The number of carbonyl (C=O) groups is 2. The van der Waals surface area contributed by atoms with E-state index in [2.05, 4.69) is 111 Å². The van der Waals surface area contributed by atoms with Crippen LogP contribution in [0, 0.1) is 0 Å². The number of carbonyl (C=O) groups excluding carboxylic acids is 2. The van der Waals surface area contributed by atoms with Gasteiger partial charge in [-0.2, -0.15) is 0 Å². The molecule has 0 bridgehead atoms. The molecule has 0 rings (SSSR count). The molecule has 0 heterocycles. The zero-order chi connectivity index (χ0) is 45.9. The highest BCUT2D eigenvalue weighted by atomic mass is 16.5. The second kappa shape index (κ2) is 49.8. The van der Waals surface area contributed by atoms with Crippen LogP contribution in [0.2, 0.25) is 0 Å². The smallest absolute Gasteiger partial charge is 0.306 e. The molecule has 0 aliphatic rings. The summed E-state index contributed by atoms with van der Waals surface area (Å²) < 4.78 is 5.81. The number of rotatable bonds is 45. The zero-order valence-corrected chi connectivity index (χ0v) is 40.9. The van der Waals surface area contributed by atoms with Crippen molar-refractivity contribution < 1.29 is 24.5 Å². The number of hydrogen-bond acceptors (Lipinski definition) is 5. The van der Waals surface area contributed by atoms with Crippen LogP contribution in [0.4, 0.5) is 0 Å². The Morgan fingerprint density at radius 3 is 1.46 bits per heavy atom. The van der Waals surface area contributed by atoms with E-state index in [4.69, 9.17) is 4.74 Å². The Morgan fingerprint density at radius 1 is 0.508 bits per heavy atom. The van der Waals surface area contributed by atoms with Crippen molar-refractivity contribution in [3.8, 4) is 0 Å². The van der Waals surface area contributed by atoms with E-state index in [-0.39, 0.29) is 24.9 Å². The van der Waals surface area contributed by atoms with Crippen LogP contribution >= 0.6 is 0 Å². The molecule has 0 saturated carbocycles. The summed E-state index contributed by atoms with van der Waals surface area (Å²) in [7, 11) is 0. The molecule has 3 unspecified atom stereocenters. The van der Waals surface area contributed by atoms with E-state index in [1.807, 2.05) is 6.08 Å². The lowest BCUT2D eigenvalue weighted by molar-refractivity contribution is -0.148. The minimum absolute atomic E-state index is 0.0591. The number of amides is 1. The van der Waals surface area contributed by atoms with Gasteiger partial charge in [-0.3, -0.25) is 9.59 Å². The fourth-order valence-electron chi connectivity index (χ4n) is 7.33. The standard InChI is InChI=1S/C57H97NO5/c1-4-7-10-13-16-19-22-25-27-28-29-32-34-37-40-43-46-49-55(60)54(52-59)58-56(61)51-53(48-45-42-39-36-33-31-26-23-20-17-14-11-8-5-2)63-57(62)50-47-44-41-38-35-30-24-21-18-15-12-9-6-3/h8-9,11-12,15,17-18,20-21,24,26,31,36,39,45,48,53-55,59-60H,4-7,10,13-14,16,19,22-23,25,27-30,32-35,37-38,40-44,46-47,49-52H2,1-3H3,(H,58,61)/b11-8+,12-9+,18-15+,20-17+,24-21-,31-26+,39-36+,48-45+. The molecule has 0 saturated heterocycles. The van der Waals surface area contributed by atoms with Crippen molar-refractivity contribution >= 4 is 11.9 Å². The molecule has 0 aromatic carbocycles. The van der Waals surface area contributed by atoms with E-state index >= 15 is 0 Å². The molecule has 360 valence electrons. The molecule has 6 nitrogen and oxygen atoms in total. The van der Waals surface area contributed by atoms with Crippen molar-refractivity contribution in [3.63, 3.8) is 0 Å². The van der Waals surface area contributed by atoms with Gasteiger partial charge in [-0.15, -0.1) is 0 Å². The van der Waals surface area contributed by atoms with E-state index < -0.39 is 18.2 Å².